The molecule has 0 fully saturated rings. The van der Waals surface area contributed by atoms with Crippen LogP contribution in [0.1, 0.15) is 22.8 Å². The van der Waals surface area contributed by atoms with E-state index in [0.29, 0.717) is 12.2 Å². The molecule has 0 saturated carbocycles. The highest BCUT2D eigenvalue weighted by atomic mass is 16.5. The van der Waals surface area contributed by atoms with Crippen molar-refractivity contribution in [2.45, 2.75) is 13.8 Å². The number of carbonyl (C=O) groups is 1. The van der Waals surface area contributed by atoms with E-state index in [0.717, 1.165) is 39.2 Å². The normalized spacial score (nSPS) is 10.7. The lowest BCUT2D eigenvalue weighted by Gasteiger charge is -2.12. The molecule has 144 valence electrons. The summed E-state index contributed by atoms with van der Waals surface area (Å²) in [6.07, 6.45) is 0. The zero-order chi connectivity index (χ0) is 20.2. The van der Waals surface area contributed by atoms with Crippen molar-refractivity contribution in [1.29, 1.82) is 0 Å². The summed E-state index contributed by atoms with van der Waals surface area (Å²) >= 11 is 0. The van der Waals surface area contributed by atoms with Gasteiger partial charge in [-0.25, -0.2) is 4.98 Å². The molecule has 29 heavy (non-hydrogen) atoms. The van der Waals surface area contributed by atoms with E-state index in [9.17, 15) is 4.79 Å². The van der Waals surface area contributed by atoms with E-state index < -0.39 is 0 Å². The van der Waals surface area contributed by atoms with Crippen LogP contribution in [0.15, 0.2) is 78.9 Å². The van der Waals surface area contributed by atoms with Gasteiger partial charge in [-0.15, -0.1) is 0 Å². The Hall–Kier alpha value is -3.66. The first kappa shape index (κ1) is 18.7. The summed E-state index contributed by atoms with van der Waals surface area (Å²) in [6.45, 7) is 4.60. The Morgan fingerprint density at radius 2 is 1.69 bits per heavy atom. The molecule has 0 saturated heterocycles. The number of rotatable bonds is 5. The molecule has 0 unspecified atom stereocenters. The van der Waals surface area contributed by atoms with Crippen LogP contribution in [0.5, 0.6) is 5.75 Å². The number of hydrogen-bond donors (Lipinski definition) is 1. The molecule has 1 N–H and O–H groups in total. The van der Waals surface area contributed by atoms with Gasteiger partial charge in [0.05, 0.1) is 23.4 Å². The quantitative estimate of drug-likeness (QED) is 0.470. The fraction of sp³-hybridized carbons (Fsp3) is 0.120. The third-order valence-corrected chi connectivity index (χ3v) is 4.81. The highest BCUT2D eigenvalue weighted by Crippen LogP contribution is 2.27. The van der Waals surface area contributed by atoms with Crippen LogP contribution in [0.3, 0.4) is 0 Å². The van der Waals surface area contributed by atoms with Gasteiger partial charge in [-0.1, -0.05) is 42.5 Å². The van der Waals surface area contributed by atoms with Crippen molar-refractivity contribution in [1.82, 2.24) is 4.98 Å². The minimum absolute atomic E-state index is 0.164. The molecule has 0 aliphatic heterocycles. The van der Waals surface area contributed by atoms with Crippen molar-refractivity contribution in [3.05, 3.63) is 90.0 Å². The number of fused-ring (bicyclic) bond motifs is 1. The number of ether oxygens (including phenoxy) is 1. The summed E-state index contributed by atoms with van der Waals surface area (Å²) in [5, 5.41) is 3.82. The first-order valence-electron chi connectivity index (χ1n) is 9.65. The molecule has 0 spiro atoms. The van der Waals surface area contributed by atoms with Crippen molar-refractivity contribution in [3.8, 4) is 17.0 Å². The van der Waals surface area contributed by atoms with Crippen LogP contribution >= 0.6 is 0 Å². The van der Waals surface area contributed by atoms with Crippen LogP contribution < -0.4 is 10.1 Å². The maximum absolute atomic E-state index is 13.1. The van der Waals surface area contributed by atoms with Gasteiger partial charge in [-0.2, -0.15) is 0 Å². The van der Waals surface area contributed by atoms with E-state index in [2.05, 4.69) is 5.32 Å². The van der Waals surface area contributed by atoms with Crippen LogP contribution in [-0.2, 0) is 0 Å². The molecule has 0 aliphatic rings. The number of carbonyl (C=O) groups excluding carboxylic acids is 1. The number of nitrogens with zero attached hydrogens (tertiary/aromatic N) is 1. The number of benzene rings is 3. The van der Waals surface area contributed by atoms with Gasteiger partial charge in [-0.05, 0) is 55.8 Å². The second-order valence-electron chi connectivity index (χ2n) is 6.80. The number of hydrogen-bond acceptors (Lipinski definition) is 3. The lowest BCUT2D eigenvalue weighted by molar-refractivity contribution is 0.102. The van der Waals surface area contributed by atoms with E-state index >= 15 is 0 Å². The Morgan fingerprint density at radius 3 is 2.45 bits per heavy atom. The van der Waals surface area contributed by atoms with Gasteiger partial charge < -0.3 is 10.1 Å². The number of aromatic nitrogens is 1. The molecule has 4 heteroatoms. The van der Waals surface area contributed by atoms with E-state index in [1.807, 2.05) is 92.7 Å². The zero-order valence-corrected chi connectivity index (χ0v) is 16.5. The van der Waals surface area contributed by atoms with Crippen LogP contribution in [0.2, 0.25) is 0 Å². The van der Waals surface area contributed by atoms with Gasteiger partial charge in [0, 0.05) is 16.6 Å². The average molecular weight is 382 g/mol. The predicted molar refractivity (Wildman–Crippen MR) is 117 cm³/mol. The Labute approximate surface area is 170 Å². The largest absolute Gasteiger partial charge is 0.494 e. The topological polar surface area (TPSA) is 51.2 Å². The summed E-state index contributed by atoms with van der Waals surface area (Å²) in [7, 11) is 0. The molecular weight excluding hydrogens is 360 g/mol. The molecule has 1 amide bonds. The van der Waals surface area contributed by atoms with Crippen LogP contribution in [0, 0.1) is 6.92 Å². The maximum atomic E-state index is 13.1. The first-order valence-corrected chi connectivity index (χ1v) is 9.65. The minimum Gasteiger partial charge on any atom is -0.494 e. The number of anilines is 1. The molecule has 3 aromatic carbocycles. The second kappa shape index (κ2) is 8.15. The Kier molecular flexibility index (Phi) is 5.25. The lowest BCUT2D eigenvalue weighted by Crippen LogP contribution is -2.13. The summed E-state index contributed by atoms with van der Waals surface area (Å²) in [5.74, 6) is 0.615. The molecular formula is C25H22N2O2. The lowest BCUT2D eigenvalue weighted by atomic mass is 10.0. The zero-order valence-electron chi connectivity index (χ0n) is 16.5. The highest BCUT2D eigenvalue weighted by Gasteiger charge is 2.15. The number of amides is 1. The van der Waals surface area contributed by atoms with Gasteiger partial charge >= 0.3 is 0 Å². The molecule has 4 rings (SSSR count). The van der Waals surface area contributed by atoms with E-state index in [4.69, 9.17) is 9.72 Å². The Bertz CT molecular complexity index is 1170. The molecule has 1 heterocycles. The van der Waals surface area contributed by atoms with Crippen molar-refractivity contribution in [2.75, 3.05) is 11.9 Å². The number of para-hydroxylation sites is 1. The smallest absolute Gasteiger partial charge is 0.256 e. The minimum atomic E-state index is -0.164. The number of pyridine rings is 1. The predicted octanol–water partition coefficient (Wildman–Crippen LogP) is 5.86. The first-order chi connectivity index (χ1) is 14.2. The summed E-state index contributed by atoms with van der Waals surface area (Å²) < 4.78 is 5.46. The monoisotopic (exact) mass is 382 g/mol. The van der Waals surface area contributed by atoms with E-state index in [1.54, 1.807) is 0 Å². The van der Waals surface area contributed by atoms with Gasteiger partial charge in [0.15, 0.2) is 0 Å². The molecule has 0 bridgehead atoms. The van der Waals surface area contributed by atoms with Gasteiger partial charge in [0.2, 0.25) is 0 Å². The van der Waals surface area contributed by atoms with Gasteiger partial charge in [0.1, 0.15) is 5.75 Å². The van der Waals surface area contributed by atoms with Crippen LogP contribution in [-0.4, -0.2) is 17.5 Å². The van der Waals surface area contributed by atoms with Crippen molar-refractivity contribution < 1.29 is 9.53 Å². The Morgan fingerprint density at radius 1 is 0.966 bits per heavy atom. The van der Waals surface area contributed by atoms with Crippen LogP contribution in [0.4, 0.5) is 5.69 Å². The molecule has 4 nitrogen and oxygen atoms in total. The maximum Gasteiger partial charge on any atom is 0.256 e. The standard InChI is InChI=1S/C25H22N2O2/c1-3-29-19-14-12-18(13-15-19)26-25(28)22-16-24(20-9-5-4-8-17(20)2)27-23-11-7-6-10-21(22)23/h4-16H,3H2,1-2H3,(H,26,28). The molecule has 1 aromatic heterocycles. The fourth-order valence-electron chi connectivity index (χ4n) is 3.36. The third-order valence-electron chi connectivity index (χ3n) is 4.81. The van der Waals surface area contributed by atoms with Gasteiger partial charge in [0.25, 0.3) is 5.91 Å². The fourth-order valence-corrected chi connectivity index (χ4v) is 3.36. The molecule has 4 aromatic rings. The summed E-state index contributed by atoms with van der Waals surface area (Å²) in [5.41, 5.74) is 5.05. The summed E-state index contributed by atoms with van der Waals surface area (Å²) in [4.78, 5) is 17.9. The highest BCUT2D eigenvalue weighted by molar-refractivity contribution is 6.13. The van der Waals surface area contributed by atoms with E-state index in [-0.39, 0.29) is 5.91 Å². The molecule has 0 aliphatic carbocycles. The number of aryl methyl sites for hydroxylation is 1. The Balaban J connectivity index is 1.73. The molecule has 0 radical (unpaired) electrons. The average Bonchev–Trinajstić information content (AvgIpc) is 2.75. The SMILES string of the molecule is CCOc1ccc(NC(=O)c2cc(-c3ccccc3C)nc3ccccc23)cc1. The second-order valence-corrected chi connectivity index (χ2v) is 6.80. The van der Waals surface area contributed by atoms with Crippen molar-refractivity contribution >= 4 is 22.5 Å². The third kappa shape index (κ3) is 3.97. The van der Waals surface area contributed by atoms with Crippen molar-refractivity contribution in [3.63, 3.8) is 0 Å². The van der Waals surface area contributed by atoms with Crippen molar-refractivity contribution in [2.24, 2.45) is 0 Å². The number of nitrogens with one attached hydrogen (secondary N) is 1. The van der Waals surface area contributed by atoms with Crippen LogP contribution in [0.25, 0.3) is 22.2 Å². The molecule has 0 atom stereocenters. The van der Waals surface area contributed by atoms with Gasteiger partial charge in [-0.3, -0.25) is 4.79 Å². The van der Waals surface area contributed by atoms with E-state index in [1.165, 1.54) is 0 Å². The summed E-state index contributed by atoms with van der Waals surface area (Å²) in [6, 6.07) is 25.0.